The molecule has 0 aliphatic carbocycles. The lowest BCUT2D eigenvalue weighted by Gasteiger charge is -2.23. The maximum atomic E-state index is 6.12. The van der Waals surface area contributed by atoms with Crippen molar-refractivity contribution in [1.82, 2.24) is 5.32 Å². The largest absolute Gasteiger partial charge is 0.370 e. The van der Waals surface area contributed by atoms with E-state index < -0.39 is 0 Å². The maximum Gasteiger partial charge on any atom is 0.0427 e. The fraction of sp³-hybridized carbons (Fsp3) is 0.250. The van der Waals surface area contributed by atoms with Crippen molar-refractivity contribution >= 4 is 28.9 Å². The summed E-state index contributed by atoms with van der Waals surface area (Å²) in [5.41, 5.74) is 3.59. The molecule has 1 N–H and O–H groups in total. The molecule has 0 saturated heterocycles. The molecule has 0 aromatic heterocycles. The van der Waals surface area contributed by atoms with Gasteiger partial charge in [0.2, 0.25) is 0 Å². The number of hydrogen-bond acceptors (Lipinski definition) is 2. The molecule has 0 aliphatic rings. The van der Waals surface area contributed by atoms with Crippen molar-refractivity contribution in [2.75, 3.05) is 19.0 Å². The van der Waals surface area contributed by atoms with Crippen LogP contribution in [-0.2, 0) is 13.1 Å². The van der Waals surface area contributed by atoms with Crippen LogP contribution in [-0.4, -0.2) is 14.1 Å². The van der Waals surface area contributed by atoms with Gasteiger partial charge in [-0.15, -0.1) is 0 Å². The van der Waals surface area contributed by atoms with Crippen LogP contribution in [0.1, 0.15) is 11.1 Å². The Hall–Kier alpha value is -1.22. The molecule has 0 saturated carbocycles. The minimum Gasteiger partial charge on any atom is -0.370 e. The van der Waals surface area contributed by atoms with Gasteiger partial charge in [0.25, 0.3) is 0 Å². The zero-order chi connectivity index (χ0) is 14.5. The Morgan fingerprint density at radius 3 is 2.30 bits per heavy atom. The monoisotopic (exact) mass is 308 g/mol. The van der Waals surface area contributed by atoms with E-state index >= 15 is 0 Å². The number of halogens is 2. The van der Waals surface area contributed by atoms with Crippen LogP contribution in [0.5, 0.6) is 0 Å². The molecule has 2 nitrogen and oxygen atoms in total. The third-order valence-electron chi connectivity index (χ3n) is 3.16. The predicted molar refractivity (Wildman–Crippen MR) is 87.8 cm³/mol. The quantitative estimate of drug-likeness (QED) is 0.883. The van der Waals surface area contributed by atoms with E-state index in [2.05, 4.69) is 23.3 Å². The van der Waals surface area contributed by atoms with Crippen molar-refractivity contribution in [2.24, 2.45) is 0 Å². The van der Waals surface area contributed by atoms with Crippen LogP contribution in [0.15, 0.2) is 42.5 Å². The van der Waals surface area contributed by atoms with E-state index in [0.29, 0.717) is 0 Å². The van der Waals surface area contributed by atoms with Gasteiger partial charge < -0.3 is 10.2 Å². The van der Waals surface area contributed by atoms with Gasteiger partial charge in [0.15, 0.2) is 0 Å². The first-order valence-corrected chi connectivity index (χ1v) is 7.24. The highest BCUT2D eigenvalue weighted by Crippen LogP contribution is 2.25. The standard InChI is InChI=1S/C16H18Cl2N2/c1-19-10-13-5-8-15(18)9-16(13)20(2)11-12-3-6-14(17)7-4-12/h3-9,19H,10-11H2,1-2H3. The molecule has 0 fully saturated rings. The van der Waals surface area contributed by atoms with Gasteiger partial charge in [-0.1, -0.05) is 41.4 Å². The van der Waals surface area contributed by atoms with Crippen molar-refractivity contribution < 1.29 is 0 Å². The van der Waals surface area contributed by atoms with Gasteiger partial charge in [-0.05, 0) is 42.4 Å². The fourth-order valence-electron chi connectivity index (χ4n) is 2.18. The van der Waals surface area contributed by atoms with E-state index in [0.717, 1.165) is 28.8 Å². The highest BCUT2D eigenvalue weighted by atomic mass is 35.5. The van der Waals surface area contributed by atoms with E-state index in [1.165, 1.54) is 11.1 Å². The van der Waals surface area contributed by atoms with Gasteiger partial charge >= 0.3 is 0 Å². The zero-order valence-electron chi connectivity index (χ0n) is 11.7. The lowest BCUT2D eigenvalue weighted by Crippen LogP contribution is -2.19. The molecule has 20 heavy (non-hydrogen) atoms. The summed E-state index contributed by atoms with van der Waals surface area (Å²) >= 11 is 12.0. The van der Waals surface area contributed by atoms with Crippen LogP contribution < -0.4 is 10.2 Å². The highest BCUT2D eigenvalue weighted by molar-refractivity contribution is 6.31. The van der Waals surface area contributed by atoms with Gasteiger partial charge in [0.1, 0.15) is 0 Å². The fourth-order valence-corrected chi connectivity index (χ4v) is 2.47. The Bertz CT molecular complexity index is 567. The van der Waals surface area contributed by atoms with Gasteiger partial charge in [0, 0.05) is 35.9 Å². The van der Waals surface area contributed by atoms with Crippen LogP contribution in [0.4, 0.5) is 5.69 Å². The predicted octanol–water partition coefficient (Wildman–Crippen LogP) is 4.35. The first kappa shape index (κ1) is 15.2. The topological polar surface area (TPSA) is 15.3 Å². The number of anilines is 1. The van der Waals surface area contributed by atoms with Gasteiger partial charge in [-0.25, -0.2) is 0 Å². The molecule has 0 aliphatic heterocycles. The Morgan fingerprint density at radius 1 is 1.00 bits per heavy atom. The van der Waals surface area contributed by atoms with Crippen molar-refractivity contribution in [1.29, 1.82) is 0 Å². The summed E-state index contributed by atoms with van der Waals surface area (Å²) in [6, 6.07) is 13.9. The molecule has 2 aromatic rings. The van der Waals surface area contributed by atoms with E-state index in [4.69, 9.17) is 23.2 Å². The summed E-state index contributed by atoms with van der Waals surface area (Å²) in [7, 11) is 4.01. The molecule has 0 bridgehead atoms. The van der Waals surface area contributed by atoms with Gasteiger partial charge in [-0.2, -0.15) is 0 Å². The molecule has 2 aromatic carbocycles. The summed E-state index contributed by atoms with van der Waals surface area (Å²) in [5, 5.41) is 4.69. The summed E-state index contributed by atoms with van der Waals surface area (Å²) in [5.74, 6) is 0. The first-order chi connectivity index (χ1) is 9.60. The molecular formula is C16H18Cl2N2. The minimum absolute atomic E-state index is 0.753. The molecule has 0 radical (unpaired) electrons. The van der Waals surface area contributed by atoms with Crippen LogP contribution in [0.2, 0.25) is 10.0 Å². The second-order valence-electron chi connectivity index (χ2n) is 4.79. The maximum absolute atomic E-state index is 6.12. The first-order valence-electron chi connectivity index (χ1n) is 6.49. The Morgan fingerprint density at radius 2 is 1.65 bits per heavy atom. The number of nitrogens with zero attached hydrogens (tertiary/aromatic N) is 1. The normalized spacial score (nSPS) is 10.6. The molecular weight excluding hydrogens is 291 g/mol. The number of hydrogen-bond donors (Lipinski definition) is 1. The van der Waals surface area contributed by atoms with E-state index in [1.807, 2.05) is 43.4 Å². The average Bonchev–Trinajstić information content (AvgIpc) is 2.43. The zero-order valence-corrected chi connectivity index (χ0v) is 13.2. The van der Waals surface area contributed by atoms with Crippen LogP contribution >= 0.6 is 23.2 Å². The summed E-state index contributed by atoms with van der Waals surface area (Å²) in [6.45, 7) is 1.63. The van der Waals surface area contributed by atoms with E-state index in [1.54, 1.807) is 0 Å². The second kappa shape index (κ2) is 6.98. The molecule has 106 valence electrons. The molecule has 0 heterocycles. The minimum atomic E-state index is 0.753. The molecule has 2 rings (SSSR count). The summed E-state index contributed by atoms with van der Waals surface area (Å²) in [6.07, 6.45) is 0. The van der Waals surface area contributed by atoms with Crippen LogP contribution in [0.3, 0.4) is 0 Å². The Balaban J connectivity index is 2.21. The Labute approximate surface area is 130 Å². The summed E-state index contributed by atoms with van der Waals surface area (Å²) in [4.78, 5) is 2.20. The van der Waals surface area contributed by atoms with Crippen molar-refractivity contribution in [2.45, 2.75) is 13.1 Å². The SMILES string of the molecule is CNCc1ccc(Cl)cc1N(C)Cc1ccc(Cl)cc1. The number of benzene rings is 2. The lowest BCUT2D eigenvalue weighted by molar-refractivity contribution is 0.805. The van der Waals surface area contributed by atoms with E-state index in [9.17, 15) is 0 Å². The smallest absolute Gasteiger partial charge is 0.0427 e. The molecule has 0 unspecified atom stereocenters. The summed E-state index contributed by atoms with van der Waals surface area (Å²) < 4.78 is 0. The van der Waals surface area contributed by atoms with Crippen molar-refractivity contribution in [3.63, 3.8) is 0 Å². The molecule has 0 spiro atoms. The van der Waals surface area contributed by atoms with Crippen LogP contribution in [0.25, 0.3) is 0 Å². The third kappa shape index (κ3) is 3.89. The number of nitrogens with one attached hydrogen (secondary N) is 1. The average molecular weight is 309 g/mol. The molecule has 0 amide bonds. The van der Waals surface area contributed by atoms with Gasteiger partial charge in [-0.3, -0.25) is 0 Å². The second-order valence-corrected chi connectivity index (χ2v) is 5.66. The molecule has 0 atom stereocenters. The highest BCUT2D eigenvalue weighted by Gasteiger charge is 2.08. The van der Waals surface area contributed by atoms with E-state index in [-0.39, 0.29) is 0 Å². The lowest BCUT2D eigenvalue weighted by atomic mass is 10.1. The van der Waals surface area contributed by atoms with Crippen molar-refractivity contribution in [3.8, 4) is 0 Å². The number of rotatable bonds is 5. The Kier molecular flexibility index (Phi) is 5.30. The molecule has 4 heteroatoms. The van der Waals surface area contributed by atoms with Gasteiger partial charge in [0.05, 0.1) is 0 Å². The van der Waals surface area contributed by atoms with Crippen LogP contribution in [0, 0.1) is 0 Å². The van der Waals surface area contributed by atoms with Crippen molar-refractivity contribution in [3.05, 3.63) is 63.6 Å². The third-order valence-corrected chi connectivity index (χ3v) is 3.65.